The molecular weight excluding hydrogens is 514 g/mol. The molecule has 0 aromatic heterocycles. The number of urea groups is 1. The normalized spacial score (nSPS) is 26.0. The van der Waals surface area contributed by atoms with Crippen LogP contribution in [-0.4, -0.2) is 46.4 Å². The lowest BCUT2D eigenvalue weighted by Crippen LogP contribution is -2.57. The summed E-state index contributed by atoms with van der Waals surface area (Å²) in [6.45, 7) is 3.50. The van der Waals surface area contributed by atoms with E-state index in [-0.39, 0.29) is 36.0 Å². The number of aliphatic imine (C=N–C) groups is 1. The van der Waals surface area contributed by atoms with E-state index in [1.807, 2.05) is 60.7 Å². The van der Waals surface area contributed by atoms with Gasteiger partial charge in [0.15, 0.2) is 0 Å². The molecule has 1 saturated carbocycles. The number of ether oxygens (including phenoxy) is 1. The number of para-hydroxylation sites is 1. The summed E-state index contributed by atoms with van der Waals surface area (Å²) in [5.41, 5.74) is 1.42. The lowest BCUT2D eigenvalue weighted by Gasteiger charge is -2.40. The van der Waals surface area contributed by atoms with Crippen LogP contribution in [0, 0.1) is 5.92 Å². The fourth-order valence-corrected chi connectivity index (χ4v) is 6.74. The predicted octanol–water partition coefficient (Wildman–Crippen LogP) is 4.01. The van der Waals surface area contributed by atoms with Crippen LogP contribution in [0.25, 0.3) is 0 Å². The lowest BCUT2D eigenvalue weighted by atomic mass is 9.91. The van der Waals surface area contributed by atoms with Gasteiger partial charge in [0.2, 0.25) is 5.91 Å². The number of anilines is 1. The molecule has 1 aliphatic carbocycles. The highest BCUT2D eigenvalue weighted by atomic mass is 32.2. The molecule has 0 spiro atoms. The van der Waals surface area contributed by atoms with Crippen LogP contribution >= 0.6 is 11.8 Å². The Hall–Kier alpha value is -3.86. The zero-order valence-corrected chi connectivity index (χ0v) is 21.9. The molecule has 6 rings (SSSR count). The maximum Gasteiger partial charge on any atom is 0.326 e. The molecule has 4 aliphatic rings. The third-order valence-corrected chi connectivity index (χ3v) is 8.57. The highest BCUT2D eigenvalue weighted by molar-refractivity contribution is 8.17. The molecule has 200 valence electrons. The van der Waals surface area contributed by atoms with Crippen molar-refractivity contribution < 1.29 is 19.4 Å². The summed E-state index contributed by atoms with van der Waals surface area (Å²) in [5.74, 6) is 1.04. The van der Waals surface area contributed by atoms with Crippen LogP contribution in [0.3, 0.4) is 0 Å². The zero-order valence-electron chi connectivity index (χ0n) is 21.1. The third kappa shape index (κ3) is 5.10. The minimum absolute atomic E-state index is 0.0368. The first kappa shape index (κ1) is 25.4. The number of carbonyl (C=O) groups is 2. The second kappa shape index (κ2) is 10.7. The van der Waals surface area contributed by atoms with Crippen LogP contribution in [0.5, 0.6) is 11.5 Å². The largest absolute Gasteiger partial charge is 0.457 e. The second-order valence-electron chi connectivity index (χ2n) is 9.86. The standard InChI is InChI=1S/C29H29N5O4S/c1-2-23(35)31-17-8-9-18(16-17)32-27(36)26-25-24-22(14-15-30-28(24)39-26)34(29(37)33-25)19-10-12-21(13-11-19)38-20-6-4-3-5-7-20/h2-7,10-15,17-18,22,24,27,32,36H,1,8-9,16H2,(H,31,35)(H,33,37)/t17-,18+,22?,24?,27?/m1/s1. The Labute approximate surface area is 230 Å². The maximum absolute atomic E-state index is 13.4. The first-order valence-electron chi connectivity index (χ1n) is 13.0. The monoisotopic (exact) mass is 543 g/mol. The van der Waals surface area contributed by atoms with Gasteiger partial charge in [-0.2, -0.15) is 0 Å². The fourth-order valence-electron chi connectivity index (χ4n) is 5.55. The highest BCUT2D eigenvalue weighted by Crippen LogP contribution is 2.46. The van der Waals surface area contributed by atoms with E-state index < -0.39 is 6.23 Å². The third-order valence-electron chi connectivity index (χ3n) is 7.34. The van der Waals surface area contributed by atoms with E-state index >= 15 is 0 Å². The minimum Gasteiger partial charge on any atom is -0.457 e. The summed E-state index contributed by atoms with van der Waals surface area (Å²) in [7, 11) is 0. The summed E-state index contributed by atoms with van der Waals surface area (Å²) in [5, 5.41) is 21.2. The van der Waals surface area contributed by atoms with E-state index in [9.17, 15) is 14.7 Å². The van der Waals surface area contributed by atoms with Gasteiger partial charge < -0.3 is 20.5 Å². The van der Waals surface area contributed by atoms with Gasteiger partial charge in [0.25, 0.3) is 0 Å². The number of aliphatic hydroxyl groups excluding tert-OH is 1. The molecule has 10 heteroatoms. The van der Waals surface area contributed by atoms with Crippen LogP contribution in [0.4, 0.5) is 10.5 Å². The quantitative estimate of drug-likeness (QED) is 0.296. The number of carbonyl (C=O) groups excluding carboxylic acids is 2. The van der Waals surface area contributed by atoms with Crippen molar-refractivity contribution in [1.82, 2.24) is 16.0 Å². The van der Waals surface area contributed by atoms with Crippen LogP contribution in [-0.2, 0) is 4.79 Å². The highest BCUT2D eigenvalue weighted by Gasteiger charge is 2.48. The molecule has 2 fully saturated rings. The van der Waals surface area contributed by atoms with Crippen molar-refractivity contribution in [2.24, 2.45) is 10.9 Å². The smallest absolute Gasteiger partial charge is 0.326 e. The zero-order chi connectivity index (χ0) is 26.9. The Morgan fingerprint density at radius 3 is 2.67 bits per heavy atom. The Bertz CT molecular complexity index is 1370. The Morgan fingerprint density at radius 1 is 1.15 bits per heavy atom. The minimum atomic E-state index is -0.959. The van der Waals surface area contributed by atoms with Gasteiger partial charge in [0.1, 0.15) is 17.7 Å². The topological polar surface area (TPSA) is 115 Å². The number of amides is 3. The number of hydrogen-bond acceptors (Lipinski definition) is 7. The van der Waals surface area contributed by atoms with Gasteiger partial charge in [-0.3, -0.25) is 20.0 Å². The van der Waals surface area contributed by atoms with Gasteiger partial charge in [-0.25, -0.2) is 4.79 Å². The van der Waals surface area contributed by atoms with Gasteiger partial charge in [0.05, 0.1) is 21.9 Å². The molecule has 0 bridgehead atoms. The van der Waals surface area contributed by atoms with Gasteiger partial charge in [-0.1, -0.05) is 36.5 Å². The van der Waals surface area contributed by atoms with Gasteiger partial charge in [-0.05, 0) is 67.8 Å². The van der Waals surface area contributed by atoms with Crippen molar-refractivity contribution in [3.8, 4) is 11.5 Å². The first-order valence-corrected chi connectivity index (χ1v) is 13.8. The molecule has 3 heterocycles. The Balaban J connectivity index is 1.17. The average Bonchev–Trinajstić information content (AvgIpc) is 3.55. The second-order valence-corrected chi connectivity index (χ2v) is 10.9. The average molecular weight is 544 g/mol. The summed E-state index contributed by atoms with van der Waals surface area (Å²) in [4.78, 5) is 32.0. The van der Waals surface area contributed by atoms with Crippen LogP contribution < -0.4 is 25.6 Å². The molecule has 5 atom stereocenters. The van der Waals surface area contributed by atoms with Crippen LogP contribution in [0.15, 0.2) is 95.1 Å². The molecule has 3 amide bonds. The van der Waals surface area contributed by atoms with E-state index in [1.54, 1.807) is 11.1 Å². The maximum atomic E-state index is 13.4. The Kier molecular flexibility index (Phi) is 6.99. The number of benzene rings is 2. The Morgan fingerprint density at radius 2 is 1.90 bits per heavy atom. The van der Waals surface area contributed by atoms with E-state index in [0.717, 1.165) is 29.3 Å². The molecular formula is C29H29N5O4S. The molecule has 2 aromatic rings. The van der Waals surface area contributed by atoms with Crippen molar-refractivity contribution in [2.75, 3.05) is 4.90 Å². The number of nitrogens with one attached hydrogen (secondary N) is 3. The molecule has 4 N–H and O–H groups in total. The summed E-state index contributed by atoms with van der Waals surface area (Å²) in [6.07, 6.45) is 6.32. The number of hydrogen-bond donors (Lipinski definition) is 4. The summed E-state index contributed by atoms with van der Waals surface area (Å²) in [6, 6.07) is 16.5. The fraction of sp³-hybridized carbons (Fsp3) is 0.276. The van der Waals surface area contributed by atoms with Gasteiger partial charge in [-0.15, -0.1) is 0 Å². The molecule has 3 unspecified atom stereocenters. The number of thioether (sulfide) groups is 1. The van der Waals surface area contributed by atoms with E-state index in [1.165, 1.54) is 17.8 Å². The molecule has 1 saturated heterocycles. The SMILES string of the molecule is C=CC(=O)N[C@@H]1CC[C@H](NC(O)C2=C3NC(=O)N(c4ccc(Oc5ccccc5)cc4)C4C=CN=C(S2)C34)C1. The van der Waals surface area contributed by atoms with E-state index in [4.69, 9.17) is 4.74 Å². The van der Waals surface area contributed by atoms with Crippen molar-refractivity contribution in [2.45, 2.75) is 43.6 Å². The molecule has 2 aromatic carbocycles. The van der Waals surface area contributed by atoms with Crippen molar-refractivity contribution in [1.29, 1.82) is 0 Å². The summed E-state index contributed by atoms with van der Waals surface area (Å²) >= 11 is 1.40. The number of aliphatic hydroxyl groups is 1. The van der Waals surface area contributed by atoms with Crippen molar-refractivity contribution in [3.63, 3.8) is 0 Å². The molecule has 0 radical (unpaired) electrons. The number of nitrogens with zero attached hydrogens (tertiary/aromatic N) is 2. The van der Waals surface area contributed by atoms with E-state index in [2.05, 4.69) is 27.5 Å². The van der Waals surface area contributed by atoms with Gasteiger partial charge >= 0.3 is 6.03 Å². The van der Waals surface area contributed by atoms with Crippen LogP contribution in [0.1, 0.15) is 19.3 Å². The van der Waals surface area contributed by atoms with Crippen molar-refractivity contribution >= 4 is 34.4 Å². The number of rotatable bonds is 8. The first-order chi connectivity index (χ1) is 19.0. The molecule has 3 aliphatic heterocycles. The molecule has 9 nitrogen and oxygen atoms in total. The predicted molar refractivity (Wildman–Crippen MR) is 151 cm³/mol. The lowest BCUT2D eigenvalue weighted by molar-refractivity contribution is -0.117. The van der Waals surface area contributed by atoms with Crippen LogP contribution in [0.2, 0.25) is 0 Å². The van der Waals surface area contributed by atoms with Gasteiger partial charge in [0, 0.05) is 29.7 Å². The van der Waals surface area contributed by atoms with E-state index in [0.29, 0.717) is 22.8 Å². The summed E-state index contributed by atoms with van der Waals surface area (Å²) < 4.78 is 5.90. The van der Waals surface area contributed by atoms with Crippen molar-refractivity contribution in [3.05, 3.63) is 90.1 Å². The molecule has 39 heavy (non-hydrogen) atoms.